The molecule has 0 bridgehead atoms. The van der Waals surface area contributed by atoms with E-state index in [4.69, 9.17) is 0 Å². The number of nitrogens with zero attached hydrogens (tertiary/aromatic N) is 3. The zero-order valence-electron chi connectivity index (χ0n) is 21.2. The Bertz CT molecular complexity index is 1440. The third-order valence-electron chi connectivity index (χ3n) is 6.65. The molecular formula is C28H18KN3O6. The van der Waals surface area contributed by atoms with Crippen molar-refractivity contribution in [3.05, 3.63) is 118 Å². The molecular weight excluding hydrogens is 513 g/mol. The molecule has 0 unspecified atom stereocenters. The second-order valence-corrected chi connectivity index (χ2v) is 8.66. The first-order valence-corrected chi connectivity index (χ1v) is 11.5. The third kappa shape index (κ3) is 3.84. The molecule has 0 N–H and O–H groups in total. The van der Waals surface area contributed by atoms with Gasteiger partial charge in [0.25, 0.3) is 35.4 Å². The predicted octanol–water partition coefficient (Wildman–Crippen LogP) is -0.126. The first-order chi connectivity index (χ1) is 17.9. The summed E-state index contributed by atoms with van der Waals surface area (Å²) in [4.78, 5) is 81.3. The van der Waals surface area contributed by atoms with Gasteiger partial charge in [0, 0.05) is 6.54 Å². The molecule has 3 aliphatic heterocycles. The quantitative estimate of drug-likeness (QED) is 0.258. The molecule has 6 amide bonds. The summed E-state index contributed by atoms with van der Waals surface area (Å²) >= 11 is 0. The van der Waals surface area contributed by atoms with Crippen LogP contribution in [0.1, 0.15) is 63.6 Å². The van der Waals surface area contributed by atoms with Crippen molar-refractivity contribution in [2.45, 2.75) is 6.17 Å². The summed E-state index contributed by atoms with van der Waals surface area (Å²) in [6, 6.07) is 18.9. The smallest absolute Gasteiger partial charge is 1.00 e. The minimum Gasteiger partial charge on any atom is -1.00 e. The van der Waals surface area contributed by atoms with Crippen LogP contribution >= 0.6 is 0 Å². The van der Waals surface area contributed by atoms with Crippen LogP contribution in [0.5, 0.6) is 0 Å². The van der Waals surface area contributed by atoms with Crippen molar-refractivity contribution in [1.29, 1.82) is 0 Å². The van der Waals surface area contributed by atoms with E-state index in [9.17, 15) is 28.8 Å². The average Bonchev–Trinajstić information content (AvgIpc) is 3.43. The van der Waals surface area contributed by atoms with Crippen LogP contribution in [0, 0.1) is 0 Å². The normalized spacial score (nSPS) is 16.1. The van der Waals surface area contributed by atoms with Gasteiger partial charge in [-0.25, -0.2) is 9.80 Å². The fourth-order valence-electron chi connectivity index (χ4n) is 4.88. The number of hydrogen-bond acceptors (Lipinski definition) is 6. The molecule has 0 fully saturated rings. The van der Waals surface area contributed by atoms with Gasteiger partial charge in [-0.2, -0.15) is 0 Å². The largest absolute Gasteiger partial charge is 1.00 e. The van der Waals surface area contributed by atoms with Gasteiger partial charge in [-0.15, -0.1) is 0 Å². The van der Waals surface area contributed by atoms with E-state index in [1.54, 1.807) is 48.5 Å². The molecule has 0 spiro atoms. The maximum absolute atomic E-state index is 13.3. The van der Waals surface area contributed by atoms with Crippen LogP contribution in [0.15, 0.2) is 84.9 Å². The van der Waals surface area contributed by atoms with Gasteiger partial charge in [-0.05, 0) is 42.5 Å². The molecule has 3 aliphatic rings. The van der Waals surface area contributed by atoms with Gasteiger partial charge in [0.1, 0.15) is 6.17 Å². The van der Waals surface area contributed by atoms with Crippen molar-refractivity contribution >= 4 is 35.4 Å². The van der Waals surface area contributed by atoms with Crippen molar-refractivity contribution in [2.24, 2.45) is 0 Å². The number of fused-ring (bicyclic) bond motifs is 3. The molecule has 6 rings (SSSR count). The van der Waals surface area contributed by atoms with Crippen molar-refractivity contribution in [3.63, 3.8) is 0 Å². The van der Waals surface area contributed by atoms with Crippen LogP contribution in [-0.2, 0) is 0 Å². The molecule has 3 aromatic carbocycles. The van der Waals surface area contributed by atoms with Gasteiger partial charge in [0.15, 0.2) is 0 Å². The van der Waals surface area contributed by atoms with E-state index in [2.05, 4.69) is 0 Å². The van der Waals surface area contributed by atoms with Crippen LogP contribution in [0.4, 0.5) is 0 Å². The third-order valence-corrected chi connectivity index (χ3v) is 6.65. The van der Waals surface area contributed by atoms with Crippen molar-refractivity contribution < 1.29 is 81.6 Å². The Kier molecular flexibility index (Phi) is 6.84. The molecule has 38 heavy (non-hydrogen) atoms. The Morgan fingerprint density at radius 3 is 1.13 bits per heavy atom. The Morgan fingerprint density at radius 1 is 0.526 bits per heavy atom. The number of imide groups is 3. The predicted molar refractivity (Wildman–Crippen MR) is 130 cm³/mol. The Hall–Kier alpha value is -3.54. The van der Waals surface area contributed by atoms with E-state index < -0.39 is 41.6 Å². The molecule has 0 saturated heterocycles. The van der Waals surface area contributed by atoms with Gasteiger partial charge < -0.3 is 1.43 Å². The number of hydrogen-bond donors (Lipinski definition) is 0. The molecule has 0 atom stereocenters. The van der Waals surface area contributed by atoms with Crippen molar-refractivity contribution in [2.75, 3.05) is 6.54 Å². The molecule has 0 radical (unpaired) electrons. The minimum absolute atomic E-state index is 0. The summed E-state index contributed by atoms with van der Waals surface area (Å²) in [6.07, 6.45) is 1.32. The first-order valence-electron chi connectivity index (χ1n) is 11.5. The maximum atomic E-state index is 13.3. The van der Waals surface area contributed by atoms with E-state index in [0.29, 0.717) is 0 Å². The Balaban J connectivity index is 0.00000176. The minimum atomic E-state index is -1.41. The summed E-state index contributed by atoms with van der Waals surface area (Å²) < 4.78 is 0. The summed E-state index contributed by atoms with van der Waals surface area (Å²) in [5.74, 6) is -3.60. The van der Waals surface area contributed by atoms with E-state index >= 15 is 0 Å². The summed E-state index contributed by atoms with van der Waals surface area (Å²) in [5.41, 5.74) is 1.17. The number of benzene rings is 3. The maximum Gasteiger partial charge on any atom is 1.00 e. The van der Waals surface area contributed by atoms with E-state index in [0.717, 1.165) is 14.7 Å². The summed E-state index contributed by atoms with van der Waals surface area (Å²) in [7, 11) is 0. The van der Waals surface area contributed by atoms with Gasteiger partial charge in [0.2, 0.25) is 0 Å². The number of carbonyl (C=O) groups is 6. The van der Waals surface area contributed by atoms with E-state index in [1.165, 1.54) is 36.4 Å². The van der Waals surface area contributed by atoms with Gasteiger partial charge in [-0.1, -0.05) is 42.5 Å². The van der Waals surface area contributed by atoms with Crippen LogP contribution in [0.25, 0.3) is 0 Å². The zero-order chi connectivity index (χ0) is 25.8. The van der Waals surface area contributed by atoms with Crippen LogP contribution < -0.4 is 51.4 Å². The summed E-state index contributed by atoms with van der Waals surface area (Å²) in [5, 5.41) is 0. The van der Waals surface area contributed by atoms with Crippen LogP contribution in [0.3, 0.4) is 0 Å². The average molecular weight is 532 g/mol. The Labute approximate surface area is 260 Å². The van der Waals surface area contributed by atoms with Crippen molar-refractivity contribution in [3.8, 4) is 0 Å². The van der Waals surface area contributed by atoms with Gasteiger partial charge in [-0.3, -0.25) is 33.7 Å². The number of amides is 6. The fourth-order valence-corrected chi connectivity index (χ4v) is 4.88. The Morgan fingerprint density at radius 2 is 0.816 bits per heavy atom. The zero-order valence-corrected chi connectivity index (χ0v) is 23.3. The second kappa shape index (κ2) is 9.97. The topological polar surface area (TPSA) is 112 Å². The van der Waals surface area contributed by atoms with Crippen LogP contribution in [0.2, 0.25) is 0 Å². The first kappa shape index (κ1) is 26.1. The molecule has 0 aromatic heterocycles. The SMILES string of the molecule is O=C1c2ccccc2C(=O)N1C/C=C\C(N1C(=O)c2ccccc2C1=O)N1C(=O)c2ccccc2C1=O.[H-].[K+]. The molecule has 182 valence electrons. The molecule has 0 aliphatic carbocycles. The van der Waals surface area contributed by atoms with Crippen LogP contribution in [-0.4, -0.2) is 62.9 Å². The fraction of sp³-hybridized carbons (Fsp3) is 0.0714. The monoisotopic (exact) mass is 531 g/mol. The van der Waals surface area contributed by atoms with Gasteiger partial charge >= 0.3 is 51.4 Å². The molecule has 3 heterocycles. The summed E-state index contributed by atoms with van der Waals surface area (Å²) in [6.45, 7) is -0.185. The van der Waals surface area contributed by atoms with Crippen molar-refractivity contribution in [1.82, 2.24) is 14.7 Å². The molecule has 0 saturated carbocycles. The number of rotatable bonds is 5. The second-order valence-electron chi connectivity index (χ2n) is 8.66. The molecule has 9 nitrogen and oxygen atoms in total. The van der Waals surface area contributed by atoms with E-state index in [-0.39, 0.29) is 92.7 Å². The molecule has 10 heteroatoms. The van der Waals surface area contributed by atoms with Gasteiger partial charge in [0.05, 0.1) is 33.4 Å². The standard InChI is InChI=1S/C28H17N3O6.K.H/c32-23-16-8-1-2-9-17(16)24(33)29(23)15-7-14-22(30-25(34)18-10-3-4-11-19(18)26(30)35)31-27(36)20-12-5-6-13-21(20)28(31)37;;/h1-14,22H,15H2;;/q;+1;-1/b14-7-;;. The number of carbonyl (C=O) groups excluding carboxylic acids is 6. The van der Waals surface area contributed by atoms with E-state index in [1.807, 2.05) is 0 Å². The molecule has 3 aromatic rings.